The van der Waals surface area contributed by atoms with Gasteiger partial charge in [-0.15, -0.1) is 0 Å². The highest BCUT2D eigenvalue weighted by molar-refractivity contribution is 6.58. The van der Waals surface area contributed by atoms with Gasteiger partial charge in [-0.3, -0.25) is 0 Å². The first kappa shape index (κ1) is 11.8. The molecule has 0 heterocycles. The van der Waals surface area contributed by atoms with Crippen molar-refractivity contribution in [2.75, 3.05) is 13.0 Å². The smallest absolute Gasteiger partial charge is 0.448 e. The largest absolute Gasteiger partial charge is 0.492 e. The first-order valence-corrected chi connectivity index (χ1v) is 4.13. The second-order valence-corrected chi connectivity index (χ2v) is 3.92. The van der Waals surface area contributed by atoms with Gasteiger partial charge in [0.25, 0.3) is 0 Å². The molecule has 0 atom stereocenters. The van der Waals surface area contributed by atoms with Gasteiger partial charge in [-0.05, 0) is 33.8 Å². The van der Waals surface area contributed by atoms with Gasteiger partial charge in [0.1, 0.15) is 0 Å². The SMILES string of the molecule is CCN(C[B-](F)(F)F)C(C)(C)C. The van der Waals surface area contributed by atoms with Crippen molar-refractivity contribution in [1.29, 1.82) is 0 Å². The third kappa shape index (κ3) is 4.64. The summed E-state index contributed by atoms with van der Waals surface area (Å²) in [6.07, 6.45) is -0.764. The summed E-state index contributed by atoms with van der Waals surface area (Å²) in [6, 6.07) is 0. The molecule has 0 bridgehead atoms. The summed E-state index contributed by atoms with van der Waals surface area (Å²) in [5, 5.41) is 0. The molecular formula is C7H16BF3N-. The molecule has 0 spiro atoms. The van der Waals surface area contributed by atoms with Crippen LogP contribution in [-0.2, 0) is 0 Å². The molecular weight excluding hydrogens is 166 g/mol. The summed E-state index contributed by atoms with van der Waals surface area (Å²) in [4.78, 5) is 1.42. The van der Waals surface area contributed by atoms with E-state index >= 15 is 0 Å². The van der Waals surface area contributed by atoms with Crippen LogP contribution in [0.3, 0.4) is 0 Å². The molecule has 0 aromatic carbocycles. The molecule has 0 radical (unpaired) electrons. The first-order chi connectivity index (χ1) is 5.17. The second-order valence-electron chi connectivity index (χ2n) is 3.92. The number of nitrogens with zero attached hydrogens (tertiary/aromatic N) is 1. The van der Waals surface area contributed by atoms with Gasteiger partial charge >= 0.3 is 6.98 Å². The van der Waals surface area contributed by atoms with Crippen LogP contribution in [0.1, 0.15) is 27.7 Å². The van der Waals surface area contributed by atoms with E-state index in [1.807, 2.05) is 0 Å². The van der Waals surface area contributed by atoms with Crippen LogP contribution in [0.25, 0.3) is 0 Å². The van der Waals surface area contributed by atoms with E-state index in [2.05, 4.69) is 0 Å². The number of rotatable bonds is 3. The summed E-state index contributed by atoms with van der Waals surface area (Å²) in [5.41, 5.74) is -0.397. The van der Waals surface area contributed by atoms with Crippen LogP contribution in [0, 0.1) is 0 Å². The lowest BCUT2D eigenvalue weighted by atomic mass is 9.88. The average Bonchev–Trinajstić information content (AvgIpc) is 1.78. The number of hydrogen-bond donors (Lipinski definition) is 0. The third-order valence-corrected chi connectivity index (χ3v) is 1.76. The molecule has 74 valence electrons. The van der Waals surface area contributed by atoms with E-state index < -0.39 is 19.0 Å². The molecule has 12 heavy (non-hydrogen) atoms. The van der Waals surface area contributed by atoms with Crippen molar-refractivity contribution in [3.05, 3.63) is 0 Å². The Balaban J connectivity index is 4.20. The van der Waals surface area contributed by atoms with Gasteiger partial charge in [-0.1, -0.05) is 6.92 Å². The summed E-state index contributed by atoms with van der Waals surface area (Å²) >= 11 is 0. The Morgan fingerprint density at radius 2 is 1.58 bits per heavy atom. The lowest BCUT2D eigenvalue weighted by Gasteiger charge is -2.38. The molecule has 0 fully saturated rings. The van der Waals surface area contributed by atoms with E-state index in [0.717, 1.165) is 0 Å². The van der Waals surface area contributed by atoms with Crippen LogP contribution >= 0.6 is 0 Å². The molecule has 0 unspecified atom stereocenters. The van der Waals surface area contributed by atoms with Crippen LogP contribution < -0.4 is 0 Å². The lowest BCUT2D eigenvalue weighted by Crippen LogP contribution is -2.48. The molecule has 0 saturated heterocycles. The minimum absolute atomic E-state index is 0.397. The van der Waals surface area contributed by atoms with Crippen molar-refractivity contribution in [3.63, 3.8) is 0 Å². The summed E-state index contributed by atoms with van der Waals surface area (Å²) in [6.45, 7) is 2.86. The summed E-state index contributed by atoms with van der Waals surface area (Å²) in [7, 11) is 0. The third-order valence-electron chi connectivity index (χ3n) is 1.76. The maximum Gasteiger partial charge on any atom is 0.492 e. The molecule has 1 nitrogen and oxygen atoms in total. The first-order valence-electron chi connectivity index (χ1n) is 4.13. The van der Waals surface area contributed by atoms with Gasteiger partial charge in [-0.2, -0.15) is 0 Å². The Labute approximate surface area is 72.0 Å². The predicted octanol–water partition coefficient (Wildman–Crippen LogP) is 2.49. The number of halogens is 3. The Bertz CT molecular complexity index is 139. The molecule has 0 saturated carbocycles. The topological polar surface area (TPSA) is 3.24 Å². The highest BCUT2D eigenvalue weighted by atomic mass is 19.4. The van der Waals surface area contributed by atoms with Crippen LogP contribution in [0.15, 0.2) is 0 Å². The van der Waals surface area contributed by atoms with E-state index in [1.165, 1.54) is 4.90 Å². The van der Waals surface area contributed by atoms with E-state index in [9.17, 15) is 12.9 Å². The average molecular weight is 182 g/mol. The lowest BCUT2D eigenvalue weighted by molar-refractivity contribution is 0.155. The van der Waals surface area contributed by atoms with Gasteiger partial charge in [0.15, 0.2) is 0 Å². The Hall–Kier alpha value is -0.185. The van der Waals surface area contributed by atoms with Gasteiger partial charge in [-0.25, -0.2) is 0 Å². The monoisotopic (exact) mass is 182 g/mol. The zero-order chi connectivity index (χ0) is 9.99. The van der Waals surface area contributed by atoms with Crippen molar-refractivity contribution in [3.8, 4) is 0 Å². The molecule has 0 rings (SSSR count). The standard InChI is InChI=1S/C7H16BF3N/c1-5-12(7(2,3)4)6-8(9,10)11/h5-6H2,1-4H3/q-1. The van der Waals surface area contributed by atoms with E-state index in [1.54, 1.807) is 27.7 Å². The minimum atomic E-state index is -4.69. The zero-order valence-corrected chi connectivity index (χ0v) is 8.07. The molecule has 0 aromatic rings. The predicted molar refractivity (Wildman–Crippen MR) is 46.1 cm³/mol. The van der Waals surface area contributed by atoms with Crippen LogP contribution in [0.5, 0.6) is 0 Å². The van der Waals surface area contributed by atoms with Gasteiger partial charge in [0.2, 0.25) is 0 Å². The molecule has 5 heteroatoms. The zero-order valence-electron chi connectivity index (χ0n) is 8.07. The summed E-state index contributed by atoms with van der Waals surface area (Å²) < 4.78 is 36.1. The van der Waals surface area contributed by atoms with Crippen molar-refractivity contribution in [1.82, 2.24) is 4.90 Å². The summed E-state index contributed by atoms with van der Waals surface area (Å²) in [5.74, 6) is 0. The molecule has 0 amide bonds. The maximum absolute atomic E-state index is 12.0. The quantitative estimate of drug-likeness (QED) is 0.606. The Morgan fingerprint density at radius 3 is 1.67 bits per heavy atom. The van der Waals surface area contributed by atoms with Gasteiger partial charge < -0.3 is 17.8 Å². The van der Waals surface area contributed by atoms with Crippen molar-refractivity contribution in [2.45, 2.75) is 33.2 Å². The number of hydrogen-bond acceptors (Lipinski definition) is 1. The fourth-order valence-corrected chi connectivity index (χ4v) is 1.13. The molecule has 0 aromatic heterocycles. The van der Waals surface area contributed by atoms with Crippen molar-refractivity contribution < 1.29 is 12.9 Å². The molecule has 0 aliphatic carbocycles. The minimum Gasteiger partial charge on any atom is -0.448 e. The fourth-order valence-electron chi connectivity index (χ4n) is 1.13. The maximum atomic E-state index is 12.0. The Kier molecular flexibility index (Phi) is 3.63. The van der Waals surface area contributed by atoms with E-state index in [4.69, 9.17) is 0 Å². The molecule has 0 aliphatic heterocycles. The van der Waals surface area contributed by atoms with E-state index in [-0.39, 0.29) is 0 Å². The highest BCUT2D eigenvalue weighted by Gasteiger charge is 2.30. The van der Waals surface area contributed by atoms with Crippen LogP contribution in [-0.4, -0.2) is 30.4 Å². The normalized spacial score (nSPS) is 14.0. The molecule has 0 aliphatic rings. The van der Waals surface area contributed by atoms with Crippen molar-refractivity contribution in [2.24, 2.45) is 0 Å². The van der Waals surface area contributed by atoms with Gasteiger partial charge in [0, 0.05) is 5.54 Å². The van der Waals surface area contributed by atoms with E-state index in [0.29, 0.717) is 6.54 Å². The highest BCUT2D eigenvalue weighted by Crippen LogP contribution is 2.18. The van der Waals surface area contributed by atoms with Crippen molar-refractivity contribution >= 4 is 6.98 Å². The second kappa shape index (κ2) is 3.68. The van der Waals surface area contributed by atoms with Crippen LogP contribution in [0.4, 0.5) is 12.9 Å². The van der Waals surface area contributed by atoms with Gasteiger partial charge in [0.05, 0.1) is 0 Å². The molecule has 0 N–H and O–H groups in total. The van der Waals surface area contributed by atoms with Crippen LogP contribution in [0.2, 0.25) is 0 Å². The Morgan fingerprint density at radius 1 is 1.17 bits per heavy atom. The fraction of sp³-hybridized carbons (Fsp3) is 1.00.